The monoisotopic (exact) mass is 556 g/mol. The standard InChI is InChI=1S/C29H40N4O7/c1-28(2,3)12-31-27(39)17-11-19(32(4)5)15-8-13-9-18-21(33(6)7)23(35)20(26(30)38)25(37)29(18,40)24(36)14(13)10-16(15)22(17)34/h11,13,18,21,34-36,40H,8-10,12H2,1-7H3,(H2,30,38)(H,31,39)/t13-,18-,21-,29-/m0/s1. The smallest absolute Gasteiger partial charge is 0.255 e. The van der Waals surface area contributed by atoms with Crippen LogP contribution in [0.15, 0.2) is 28.7 Å². The Bertz CT molecular complexity index is 1350. The minimum Gasteiger partial charge on any atom is -0.510 e. The number of primary amides is 1. The second-order valence-corrected chi connectivity index (χ2v) is 12.8. The van der Waals surface area contributed by atoms with Crippen molar-refractivity contribution >= 4 is 23.3 Å². The topological polar surface area (TPSA) is 177 Å². The van der Waals surface area contributed by atoms with E-state index in [1.165, 1.54) is 0 Å². The lowest BCUT2D eigenvalue weighted by Crippen LogP contribution is -2.63. The zero-order valence-corrected chi connectivity index (χ0v) is 24.1. The fourth-order valence-corrected chi connectivity index (χ4v) is 6.41. The van der Waals surface area contributed by atoms with Crippen LogP contribution in [0.3, 0.4) is 0 Å². The summed E-state index contributed by atoms with van der Waals surface area (Å²) in [5, 5.41) is 48.4. The molecule has 0 bridgehead atoms. The van der Waals surface area contributed by atoms with Gasteiger partial charge in [0, 0.05) is 44.2 Å². The summed E-state index contributed by atoms with van der Waals surface area (Å²) in [5.74, 6) is -5.45. The highest BCUT2D eigenvalue weighted by molar-refractivity contribution is 6.24. The minimum absolute atomic E-state index is 0.0184. The Morgan fingerprint density at radius 2 is 1.75 bits per heavy atom. The van der Waals surface area contributed by atoms with Crippen LogP contribution in [-0.2, 0) is 22.4 Å². The third kappa shape index (κ3) is 4.50. The summed E-state index contributed by atoms with van der Waals surface area (Å²) >= 11 is 0. The van der Waals surface area contributed by atoms with E-state index in [0.717, 1.165) is 11.3 Å². The number of hydrogen-bond acceptors (Lipinski definition) is 9. The normalized spacial score (nSPS) is 26.3. The van der Waals surface area contributed by atoms with Gasteiger partial charge < -0.3 is 36.4 Å². The summed E-state index contributed by atoms with van der Waals surface area (Å²) in [7, 11) is 6.94. The van der Waals surface area contributed by atoms with E-state index in [1.54, 1.807) is 25.1 Å². The van der Waals surface area contributed by atoms with Gasteiger partial charge in [0.1, 0.15) is 22.8 Å². The van der Waals surface area contributed by atoms with Gasteiger partial charge in [0.15, 0.2) is 5.60 Å². The number of amides is 2. The van der Waals surface area contributed by atoms with Crippen molar-refractivity contribution in [3.63, 3.8) is 0 Å². The summed E-state index contributed by atoms with van der Waals surface area (Å²) in [4.78, 5) is 42.2. The highest BCUT2D eigenvalue weighted by atomic mass is 16.3. The molecule has 11 nitrogen and oxygen atoms in total. The second-order valence-electron chi connectivity index (χ2n) is 12.8. The van der Waals surface area contributed by atoms with Crippen LogP contribution in [0.25, 0.3) is 0 Å². The van der Waals surface area contributed by atoms with Crippen molar-refractivity contribution in [2.45, 2.75) is 51.7 Å². The molecule has 0 aliphatic heterocycles. The van der Waals surface area contributed by atoms with E-state index in [4.69, 9.17) is 5.73 Å². The van der Waals surface area contributed by atoms with Crippen molar-refractivity contribution in [3.05, 3.63) is 45.4 Å². The van der Waals surface area contributed by atoms with E-state index >= 15 is 0 Å². The summed E-state index contributed by atoms with van der Waals surface area (Å²) < 4.78 is 0. The number of aliphatic hydroxyl groups is 3. The lowest BCUT2D eigenvalue weighted by atomic mass is 9.58. The Morgan fingerprint density at radius 1 is 1.12 bits per heavy atom. The number of hydrogen-bond donors (Lipinski definition) is 6. The fraction of sp³-hybridized carbons (Fsp3) is 0.552. The zero-order valence-electron chi connectivity index (χ0n) is 24.1. The van der Waals surface area contributed by atoms with Crippen molar-refractivity contribution in [2.75, 3.05) is 39.6 Å². The Labute approximate surface area is 233 Å². The molecule has 1 aromatic carbocycles. The number of phenolic OH excluding ortho intramolecular Hbond substituents is 1. The third-order valence-electron chi connectivity index (χ3n) is 8.35. The molecule has 11 heteroatoms. The molecule has 0 saturated heterocycles. The average Bonchev–Trinajstić information content (AvgIpc) is 2.83. The van der Waals surface area contributed by atoms with E-state index in [1.807, 2.05) is 39.8 Å². The number of Topliss-reactive ketones (excluding diaryl/α,β-unsaturated/α-hetero) is 1. The van der Waals surface area contributed by atoms with Crippen LogP contribution in [-0.4, -0.2) is 89.3 Å². The van der Waals surface area contributed by atoms with E-state index in [-0.39, 0.29) is 35.5 Å². The Kier molecular flexibility index (Phi) is 7.21. The summed E-state index contributed by atoms with van der Waals surface area (Å²) in [5.41, 5.74) is 4.39. The SMILES string of the molecule is CN(C)c1cc(C(=O)NCC(C)(C)C)c(O)c2c1C[C@H]1C[C@H]3[C@H](N(C)C)C(O)=C(C(N)=O)C(=O)[C@@]3(O)C(O)=C1C2. The number of nitrogens with two attached hydrogens (primary N) is 1. The first kappa shape index (κ1) is 29.4. The fourth-order valence-electron chi connectivity index (χ4n) is 6.41. The van der Waals surface area contributed by atoms with E-state index in [2.05, 4.69) is 5.32 Å². The minimum atomic E-state index is -2.49. The lowest BCUT2D eigenvalue weighted by molar-refractivity contribution is -0.148. The summed E-state index contributed by atoms with van der Waals surface area (Å²) in [6.07, 6.45) is 0.546. The maximum Gasteiger partial charge on any atom is 0.255 e. The molecule has 1 aromatic rings. The molecule has 0 saturated carbocycles. The third-order valence-corrected chi connectivity index (χ3v) is 8.35. The first-order chi connectivity index (χ1) is 18.4. The van der Waals surface area contributed by atoms with Gasteiger partial charge in [-0.1, -0.05) is 20.8 Å². The first-order valence-electron chi connectivity index (χ1n) is 13.3. The van der Waals surface area contributed by atoms with Gasteiger partial charge in [-0.3, -0.25) is 19.3 Å². The predicted octanol–water partition coefficient (Wildman–Crippen LogP) is 1.32. The number of benzene rings is 1. The molecule has 0 heterocycles. The number of carbonyl (C=O) groups excluding carboxylic acids is 3. The van der Waals surface area contributed by atoms with Gasteiger partial charge in [-0.25, -0.2) is 0 Å². The molecule has 0 aromatic heterocycles. The maximum absolute atomic E-state index is 13.4. The number of nitrogens with one attached hydrogen (secondary N) is 1. The predicted molar refractivity (Wildman–Crippen MR) is 149 cm³/mol. The highest BCUT2D eigenvalue weighted by Gasteiger charge is 2.62. The Balaban J connectivity index is 1.87. The van der Waals surface area contributed by atoms with Crippen LogP contribution in [0.2, 0.25) is 0 Å². The lowest BCUT2D eigenvalue weighted by Gasteiger charge is -2.50. The molecule has 4 atom stereocenters. The molecule has 218 valence electrons. The number of allylic oxidation sites excluding steroid dienone is 1. The highest BCUT2D eigenvalue weighted by Crippen LogP contribution is 2.53. The summed E-state index contributed by atoms with van der Waals surface area (Å²) in [6, 6.07) is 0.700. The van der Waals surface area contributed by atoms with Crippen LogP contribution < -0.4 is 16.0 Å². The quantitative estimate of drug-likeness (QED) is 0.292. The maximum atomic E-state index is 13.4. The number of carbonyl (C=O) groups is 3. The van der Waals surface area contributed by atoms with Crippen LogP contribution in [0.5, 0.6) is 5.75 Å². The molecular formula is C29H40N4O7. The number of rotatable bonds is 5. The van der Waals surface area contributed by atoms with Crippen LogP contribution >= 0.6 is 0 Å². The van der Waals surface area contributed by atoms with Gasteiger partial charge in [-0.2, -0.15) is 0 Å². The molecule has 3 aliphatic carbocycles. The first-order valence-corrected chi connectivity index (χ1v) is 13.3. The number of ketones is 1. The molecule has 0 radical (unpaired) electrons. The molecule has 40 heavy (non-hydrogen) atoms. The number of anilines is 1. The van der Waals surface area contributed by atoms with Crippen LogP contribution in [0.4, 0.5) is 5.69 Å². The molecule has 2 amide bonds. The second kappa shape index (κ2) is 9.81. The number of likely N-dealkylation sites (N-methyl/N-ethyl adjacent to an activating group) is 1. The largest absolute Gasteiger partial charge is 0.510 e. The number of nitrogens with zero attached hydrogens (tertiary/aromatic N) is 2. The van der Waals surface area contributed by atoms with Gasteiger partial charge in [0.25, 0.3) is 11.8 Å². The summed E-state index contributed by atoms with van der Waals surface area (Å²) in [6.45, 7) is 6.33. The van der Waals surface area contributed by atoms with Crippen LogP contribution in [0, 0.1) is 17.3 Å². The molecule has 0 spiro atoms. The Hall–Kier alpha value is -3.57. The van der Waals surface area contributed by atoms with E-state index in [9.17, 15) is 34.8 Å². The molecule has 0 unspecified atom stereocenters. The van der Waals surface area contributed by atoms with Gasteiger partial charge >= 0.3 is 0 Å². The van der Waals surface area contributed by atoms with E-state index in [0.29, 0.717) is 24.1 Å². The molecule has 0 fully saturated rings. The number of aromatic hydroxyl groups is 1. The number of fused-ring (bicyclic) bond motifs is 3. The van der Waals surface area contributed by atoms with Gasteiger partial charge in [0.2, 0.25) is 5.78 Å². The Morgan fingerprint density at radius 3 is 2.27 bits per heavy atom. The van der Waals surface area contributed by atoms with Crippen LogP contribution in [0.1, 0.15) is 48.7 Å². The van der Waals surface area contributed by atoms with E-state index < -0.39 is 52.2 Å². The molecule has 4 rings (SSSR count). The van der Waals surface area contributed by atoms with Crippen molar-refractivity contribution in [3.8, 4) is 5.75 Å². The van der Waals surface area contributed by atoms with Crippen molar-refractivity contribution in [1.82, 2.24) is 10.2 Å². The van der Waals surface area contributed by atoms with Gasteiger partial charge in [-0.15, -0.1) is 0 Å². The number of aliphatic hydroxyl groups excluding tert-OH is 2. The molecular weight excluding hydrogens is 516 g/mol. The van der Waals surface area contributed by atoms with Gasteiger partial charge in [0.05, 0.1) is 11.6 Å². The van der Waals surface area contributed by atoms with Gasteiger partial charge in [-0.05, 0) is 55.5 Å². The zero-order chi connectivity index (χ0) is 30.1. The van der Waals surface area contributed by atoms with Crippen molar-refractivity contribution in [1.29, 1.82) is 0 Å². The average molecular weight is 557 g/mol. The number of phenols is 1. The van der Waals surface area contributed by atoms with Crippen molar-refractivity contribution < 1.29 is 34.8 Å². The molecule has 3 aliphatic rings. The van der Waals surface area contributed by atoms with Crippen molar-refractivity contribution in [2.24, 2.45) is 23.0 Å². The molecule has 7 N–H and O–H groups in total.